The molecule has 0 aliphatic carbocycles. The molecule has 0 radical (unpaired) electrons. The first-order valence-electron chi connectivity index (χ1n) is 9.38. The van der Waals surface area contributed by atoms with E-state index in [-0.39, 0.29) is 30.0 Å². The van der Waals surface area contributed by atoms with Crippen molar-refractivity contribution in [1.29, 1.82) is 0 Å². The minimum absolute atomic E-state index is 0. The Balaban J connectivity index is 0.00000280. The Morgan fingerprint density at radius 1 is 1.18 bits per heavy atom. The lowest BCUT2D eigenvalue weighted by molar-refractivity contribution is -0.143. The molecule has 28 heavy (non-hydrogen) atoms. The highest BCUT2D eigenvalue weighted by Crippen LogP contribution is 2.26. The highest BCUT2D eigenvalue weighted by molar-refractivity contribution is 14.0. The normalized spacial score (nSPS) is 23.7. The van der Waals surface area contributed by atoms with E-state index in [1.807, 2.05) is 17.8 Å². The molecular formula is C19H28F3IN4S. The summed E-state index contributed by atoms with van der Waals surface area (Å²) in [4.78, 5) is 9.36. The van der Waals surface area contributed by atoms with Crippen molar-refractivity contribution in [2.24, 2.45) is 10.9 Å². The maximum Gasteiger partial charge on any atom is 0.401 e. The molecule has 1 N–H and O–H groups in total. The molecule has 158 valence electrons. The standard InChI is InChI=1S/C19H27F3N4S.HI/c1-23-18(24-16-8-9-25(12-16)14-19(20,21)22)26-10-7-15(11-26)13-27-17-5-3-2-4-6-17;/h2-6,15-16H,7-14H2,1H3,(H,23,24);1H. The van der Waals surface area contributed by atoms with Crippen LogP contribution in [0.2, 0.25) is 0 Å². The van der Waals surface area contributed by atoms with Gasteiger partial charge in [0.25, 0.3) is 0 Å². The second-order valence-corrected chi connectivity index (χ2v) is 8.35. The Kier molecular flexibility index (Phi) is 9.20. The molecule has 2 aliphatic heterocycles. The topological polar surface area (TPSA) is 30.9 Å². The third-order valence-corrected chi connectivity index (χ3v) is 6.28. The lowest BCUT2D eigenvalue weighted by Gasteiger charge is -2.25. The maximum atomic E-state index is 12.6. The van der Waals surface area contributed by atoms with Crippen molar-refractivity contribution in [2.75, 3.05) is 45.5 Å². The van der Waals surface area contributed by atoms with Crippen molar-refractivity contribution in [3.8, 4) is 0 Å². The number of hydrogen-bond acceptors (Lipinski definition) is 3. The molecule has 2 saturated heterocycles. The van der Waals surface area contributed by atoms with Crippen LogP contribution in [0.1, 0.15) is 12.8 Å². The second kappa shape index (κ2) is 10.9. The molecule has 2 fully saturated rings. The summed E-state index contributed by atoms with van der Waals surface area (Å²) in [6.45, 7) is 1.95. The first-order valence-corrected chi connectivity index (χ1v) is 10.4. The Bertz CT molecular complexity index is 629. The summed E-state index contributed by atoms with van der Waals surface area (Å²) in [6.07, 6.45) is -2.29. The zero-order chi connectivity index (χ0) is 19.3. The first kappa shape index (κ1) is 23.6. The summed E-state index contributed by atoms with van der Waals surface area (Å²) in [6, 6.07) is 10.4. The number of alkyl halides is 3. The molecule has 2 heterocycles. The van der Waals surface area contributed by atoms with Crippen LogP contribution in [-0.2, 0) is 0 Å². The highest BCUT2D eigenvalue weighted by atomic mass is 127. The first-order chi connectivity index (χ1) is 12.9. The SMILES string of the molecule is CN=C(NC1CCN(CC(F)(F)F)C1)N1CCC(CSc2ccccc2)C1.I. The highest BCUT2D eigenvalue weighted by Gasteiger charge is 2.35. The summed E-state index contributed by atoms with van der Waals surface area (Å²) in [7, 11) is 1.75. The summed E-state index contributed by atoms with van der Waals surface area (Å²) >= 11 is 1.88. The van der Waals surface area contributed by atoms with Gasteiger partial charge in [0.1, 0.15) is 0 Å². The number of thioether (sulfide) groups is 1. The van der Waals surface area contributed by atoms with Crippen molar-refractivity contribution in [1.82, 2.24) is 15.1 Å². The molecule has 0 aromatic heterocycles. The van der Waals surface area contributed by atoms with Gasteiger partial charge in [0.05, 0.1) is 6.54 Å². The van der Waals surface area contributed by atoms with Gasteiger partial charge in [0.15, 0.2) is 5.96 Å². The number of benzene rings is 1. The van der Waals surface area contributed by atoms with Crippen LogP contribution in [0.3, 0.4) is 0 Å². The fraction of sp³-hybridized carbons (Fsp3) is 0.632. The number of aliphatic imine (C=N–C) groups is 1. The van der Waals surface area contributed by atoms with Gasteiger partial charge in [0, 0.05) is 49.9 Å². The van der Waals surface area contributed by atoms with Gasteiger partial charge in [-0.1, -0.05) is 18.2 Å². The fourth-order valence-electron chi connectivity index (χ4n) is 3.72. The van der Waals surface area contributed by atoms with Crippen molar-refractivity contribution in [2.45, 2.75) is 30.0 Å². The number of rotatable bonds is 5. The Labute approximate surface area is 186 Å². The van der Waals surface area contributed by atoms with E-state index in [1.54, 1.807) is 7.05 Å². The second-order valence-electron chi connectivity index (χ2n) is 7.25. The smallest absolute Gasteiger partial charge is 0.352 e. The predicted octanol–water partition coefficient (Wildman–Crippen LogP) is 3.93. The van der Waals surface area contributed by atoms with Gasteiger partial charge in [0.2, 0.25) is 0 Å². The van der Waals surface area contributed by atoms with Crippen LogP contribution in [-0.4, -0.2) is 73.5 Å². The van der Waals surface area contributed by atoms with Crippen molar-refractivity contribution in [3.63, 3.8) is 0 Å². The van der Waals surface area contributed by atoms with Crippen LogP contribution in [0.25, 0.3) is 0 Å². The van der Waals surface area contributed by atoms with Gasteiger partial charge >= 0.3 is 6.18 Å². The molecule has 2 atom stereocenters. The van der Waals surface area contributed by atoms with E-state index in [0.717, 1.165) is 37.6 Å². The summed E-state index contributed by atoms with van der Waals surface area (Å²) in [5, 5.41) is 3.38. The molecule has 3 rings (SSSR count). The van der Waals surface area contributed by atoms with E-state index in [0.29, 0.717) is 19.0 Å². The van der Waals surface area contributed by atoms with Gasteiger partial charge in [-0.15, -0.1) is 35.7 Å². The minimum Gasteiger partial charge on any atom is -0.352 e. The minimum atomic E-state index is -4.13. The number of hydrogen-bond donors (Lipinski definition) is 1. The molecule has 0 saturated carbocycles. The van der Waals surface area contributed by atoms with Crippen LogP contribution in [0.5, 0.6) is 0 Å². The van der Waals surface area contributed by atoms with Gasteiger partial charge in [-0.25, -0.2) is 0 Å². The van der Waals surface area contributed by atoms with Crippen LogP contribution >= 0.6 is 35.7 Å². The molecular weight excluding hydrogens is 500 g/mol. The Morgan fingerprint density at radius 2 is 1.93 bits per heavy atom. The quantitative estimate of drug-likeness (QED) is 0.272. The maximum absolute atomic E-state index is 12.6. The van der Waals surface area contributed by atoms with E-state index < -0.39 is 12.7 Å². The molecule has 2 unspecified atom stereocenters. The zero-order valence-corrected chi connectivity index (χ0v) is 19.1. The largest absolute Gasteiger partial charge is 0.401 e. The van der Waals surface area contributed by atoms with Gasteiger partial charge in [-0.2, -0.15) is 13.2 Å². The summed E-state index contributed by atoms with van der Waals surface area (Å²) in [5.74, 6) is 2.49. The molecule has 9 heteroatoms. The molecule has 0 spiro atoms. The van der Waals surface area contributed by atoms with Crippen molar-refractivity contribution >= 4 is 41.7 Å². The number of halogens is 4. The molecule has 0 amide bonds. The van der Waals surface area contributed by atoms with Crippen LogP contribution in [0, 0.1) is 5.92 Å². The molecule has 2 aliphatic rings. The molecule has 4 nitrogen and oxygen atoms in total. The number of nitrogens with zero attached hydrogens (tertiary/aromatic N) is 3. The third-order valence-electron chi connectivity index (χ3n) is 5.03. The number of likely N-dealkylation sites (tertiary alicyclic amines) is 2. The van der Waals surface area contributed by atoms with Gasteiger partial charge in [-0.3, -0.25) is 9.89 Å². The van der Waals surface area contributed by atoms with E-state index in [2.05, 4.69) is 39.5 Å². The van der Waals surface area contributed by atoms with Crippen LogP contribution in [0.4, 0.5) is 13.2 Å². The fourth-order valence-corrected chi connectivity index (χ4v) is 4.77. The lowest BCUT2D eigenvalue weighted by Crippen LogP contribution is -2.46. The predicted molar refractivity (Wildman–Crippen MR) is 120 cm³/mol. The number of guanidine groups is 1. The van der Waals surface area contributed by atoms with E-state index >= 15 is 0 Å². The number of nitrogens with one attached hydrogen (secondary N) is 1. The monoisotopic (exact) mass is 528 g/mol. The van der Waals surface area contributed by atoms with Crippen LogP contribution < -0.4 is 5.32 Å². The molecule has 0 bridgehead atoms. The van der Waals surface area contributed by atoms with Crippen molar-refractivity contribution in [3.05, 3.63) is 30.3 Å². The van der Waals surface area contributed by atoms with Gasteiger partial charge in [-0.05, 0) is 30.9 Å². The summed E-state index contributed by atoms with van der Waals surface area (Å²) in [5.41, 5.74) is 0. The van der Waals surface area contributed by atoms with Crippen molar-refractivity contribution < 1.29 is 13.2 Å². The van der Waals surface area contributed by atoms with E-state index in [1.165, 1.54) is 9.80 Å². The lowest BCUT2D eigenvalue weighted by atomic mass is 10.2. The Morgan fingerprint density at radius 3 is 2.61 bits per heavy atom. The van der Waals surface area contributed by atoms with E-state index in [9.17, 15) is 13.2 Å². The zero-order valence-electron chi connectivity index (χ0n) is 16.0. The molecule has 1 aromatic carbocycles. The van der Waals surface area contributed by atoms with Gasteiger partial charge < -0.3 is 10.2 Å². The van der Waals surface area contributed by atoms with E-state index in [4.69, 9.17) is 0 Å². The molecule has 1 aromatic rings. The average molecular weight is 528 g/mol. The average Bonchev–Trinajstić information content (AvgIpc) is 3.27. The third kappa shape index (κ3) is 7.29. The summed E-state index contributed by atoms with van der Waals surface area (Å²) < 4.78 is 37.7. The van der Waals surface area contributed by atoms with Crippen LogP contribution in [0.15, 0.2) is 40.2 Å². The Hall–Kier alpha value is -0.680.